The molecule has 0 atom stereocenters. The van der Waals surface area contributed by atoms with Gasteiger partial charge in [-0.3, -0.25) is 9.89 Å². The van der Waals surface area contributed by atoms with Gasteiger partial charge in [0, 0.05) is 18.1 Å². The van der Waals surface area contributed by atoms with E-state index < -0.39 is 0 Å². The van der Waals surface area contributed by atoms with Gasteiger partial charge in [0.15, 0.2) is 5.82 Å². The van der Waals surface area contributed by atoms with Gasteiger partial charge in [-0.15, -0.1) is 0 Å². The summed E-state index contributed by atoms with van der Waals surface area (Å²) in [5, 5.41) is 13.0. The summed E-state index contributed by atoms with van der Waals surface area (Å²) < 4.78 is 0. The largest absolute Gasteiger partial charge is 0.320 e. The summed E-state index contributed by atoms with van der Waals surface area (Å²) >= 11 is 0. The third-order valence-electron chi connectivity index (χ3n) is 3.36. The molecule has 0 saturated carbocycles. The van der Waals surface area contributed by atoms with Crippen LogP contribution in [-0.4, -0.2) is 29.7 Å². The lowest BCUT2D eigenvalue weighted by Crippen LogP contribution is -2.15. The molecule has 0 fully saturated rings. The molecule has 112 valence electrons. The number of amides is 1. The van der Waals surface area contributed by atoms with Crippen molar-refractivity contribution >= 4 is 11.7 Å². The molecule has 1 aromatic carbocycles. The Hall–Kier alpha value is -2.14. The van der Waals surface area contributed by atoms with E-state index >= 15 is 0 Å². The average molecular weight is 286 g/mol. The van der Waals surface area contributed by atoms with Gasteiger partial charge in [-0.25, -0.2) is 0 Å². The van der Waals surface area contributed by atoms with E-state index in [2.05, 4.69) is 52.9 Å². The number of H-pyrrole nitrogens is 1. The zero-order chi connectivity index (χ0) is 15.2. The summed E-state index contributed by atoms with van der Waals surface area (Å²) in [7, 11) is 1.88. The highest BCUT2D eigenvalue weighted by atomic mass is 16.1. The fraction of sp³-hybridized carbons (Fsp3) is 0.375. The fourth-order valence-corrected chi connectivity index (χ4v) is 2.18. The van der Waals surface area contributed by atoms with Crippen LogP contribution >= 0.6 is 0 Å². The first-order valence-corrected chi connectivity index (χ1v) is 7.17. The number of aromatic amines is 1. The maximum Gasteiger partial charge on any atom is 0.225 e. The van der Waals surface area contributed by atoms with Crippen LogP contribution in [0.25, 0.3) is 11.3 Å². The Morgan fingerprint density at radius 3 is 2.86 bits per heavy atom. The van der Waals surface area contributed by atoms with Crippen molar-refractivity contribution in [1.29, 1.82) is 0 Å². The SMILES string of the molecule is CNCCCC(=O)Nc1cc(-c2cc(C)ccc2C)[nH]n1. The van der Waals surface area contributed by atoms with Gasteiger partial charge >= 0.3 is 0 Å². The first-order valence-electron chi connectivity index (χ1n) is 7.17. The molecule has 5 nitrogen and oxygen atoms in total. The Labute approximate surface area is 125 Å². The van der Waals surface area contributed by atoms with E-state index in [1.54, 1.807) is 0 Å². The van der Waals surface area contributed by atoms with Crippen LogP contribution in [0.15, 0.2) is 24.3 Å². The number of carbonyl (C=O) groups excluding carboxylic acids is 1. The quantitative estimate of drug-likeness (QED) is 0.715. The third-order valence-corrected chi connectivity index (χ3v) is 3.36. The molecule has 2 aromatic rings. The summed E-state index contributed by atoms with van der Waals surface area (Å²) in [4.78, 5) is 11.8. The summed E-state index contributed by atoms with van der Waals surface area (Å²) in [5.74, 6) is 0.560. The second kappa shape index (κ2) is 7.04. The summed E-state index contributed by atoms with van der Waals surface area (Å²) in [6.45, 7) is 4.96. The highest BCUT2D eigenvalue weighted by Crippen LogP contribution is 2.24. The minimum Gasteiger partial charge on any atom is -0.320 e. The van der Waals surface area contributed by atoms with Gasteiger partial charge < -0.3 is 10.6 Å². The highest BCUT2D eigenvalue weighted by Gasteiger charge is 2.09. The van der Waals surface area contributed by atoms with Crippen LogP contribution in [0.1, 0.15) is 24.0 Å². The molecule has 21 heavy (non-hydrogen) atoms. The minimum atomic E-state index is -0.00994. The van der Waals surface area contributed by atoms with E-state index in [-0.39, 0.29) is 5.91 Å². The molecule has 0 aliphatic carbocycles. The molecule has 0 radical (unpaired) electrons. The van der Waals surface area contributed by atoms with Gasteiger partial charge in [0.1, 0.15) is 0 Å². The lowest BCUT2D eigenvalue weighted by molar-refractivity contribution is -0.116. The normalized spacial score (nSPS) is 10.6. The van der Waals surface area contributed by atoms with Crippen molar-refractivity contribution in [2.24, 2.45) is 0 Å². The van der Waals surface area contributed by atoms with Crippen LogP contribution in [0.3, 0.4) is 0 Å². The minimum absolute atomic E-state index is 0.00994. The number of carbonyl (C=O) groups is 1. The lowest BCUT2D eigenvalue weighted by Gasteiger charge is -2.04. The highest BCUT2D eigenvalue weighted by molar-refractivity contribution is 5.90. The molecule has 3 N–H and O–H groups in total. The Kier molecular flexibility index (Phi) is 5.11. The van der Waals surface area contributed by atoms with Crippen molar-refractivity contribution in [1.82, 2.24) is 15.5 Å². The second-order valence-electron chi connectivity index (χ2n) is 5.24. The summed E-state index contributed by atoms with van der Waals surface area (Å²) in [6.07, 6.45) is 1.31. The van der Waals surface area contributed by atoms with E-state index in [1.807, 2.05) is 13.1 Å². The second-order valence-corrected chi connectivity index (χ2v) is 5.24. The molecular weight excluding hydrogens is 264 g/mol. The van der Waals surface area contributed by atoms with Crippen molar-refractivity contribution in [3.8, 4) is 11.3 Å². The first kappa shape index (κ1) is 15.3. The van der Waals surface area contributed by atoms with Crippen molar-refractivity contribution in [3.63, 3.8) is 0 Å². The molecule has 1 aromatic heterocycles. The van der Waals surface area contributed by atoms with E-state index in [0.29, 0.717) is 12.2 Å². The Bertz CT molecular complexity index is 618. The van der Waals surface area contributed by atoms with E-state index in [1.165, 1.54) is 11.1 Å². The topological polar surface area (TPSA) is 69.8 Å². The number of anilines is 1. The van der Waals surface area contributed by atoms with E-state index in [9.17, 15) is 4.79 Å². The Morgan fingerprint density at radius 2 is 2.10 bits per heavy atom. The number of benzene rings is 1. The average Bonchev–Trinajstić information content (AvgIpc) is 2.90. The zero-order valence-corrected chi connectivity index (χ0v) is 12.8. The maximum absolute atomic E-state index is 11.8. The molecule has 5 heteroatoms. The summed E-state index contributed by atoms with van der Waals surface area (Å²) in [6, 6.07) is 8.15. The van der Waals surface area contributed by atoms with Crippen LogP contribution in [0, 0.1) is 13.8 Å². The first-order chi connectivity index (χ1) is 10.1. The van der Waals surface area contributed by atoms with Crippen molar-refractivity contribution in [3.05, 3.63) is 35.4 Å². The molecule has 1 heterocycles. The van der Waals surface area contributed by atoms with Crippen LogP contribution in [0.2, 0.25) is 0 Å². The smallest absolute Gasteiger partial charge is 0.225 e. The number of rotatable bonds is 6. The van der Waals surface area contributed by atoms with Crippen molar-refractivity contribution in [2.45, 2.75) is 26.7 Å². The molecule has 0 aliphatic rings. The predicted molar refractivity (Wildman–Crippen MR) is 85.3 cm³/mol. The van der Waals surface area contributed by atoms with Crippen LogP contribution < -0.4 is 10.6 Å². The van der Waals surface area contributed by atoms with E-state index in [4.69, 9.17) is 0 Å². The standard InChI is InChI=1S/C16H22N4O/c1-11-6-7-12(2)13(9-11)14-10-15(20-19-14)18-16(21)5-4-8-17-3/h6-7,9-10,17H,4-5,8H2,1-3H3,(H2,18,19,20,21). The number of nitrogens with zero attached hydrogens (tertiary/aromatic N) is 1. The van der Waals surface area contributed by atoms with Gasteiger partial charge in [0.2, 0.25) is 5.91 Å². The van der Waals surface area contributed by atoms with Crippen LogP contribution in [0.5, 0.6) is 0 Å². The number of hydrogen-bond acceptors (Lipinski definition) is 3. The molecule has 0 bridgehead atoms. The molecule has 0 saturated heterocycles. The zero-order valence-electron chi connectivity index (χ0n) is 12.8. The number of nitrogens with one attached hydrogen (secondary N) is 3. The van der Waals surface area contributed by atoms with Gasteiger partial charge in [-0.2, -0.15) is 5.10 Å². The molecule has 0 aliphatic heterocycles. The fourth-order valence-electron chi connectivity index (χ4n) is 2.18. The van der Waals surface area contributed by atoms with Gasteiger partial charge in [-0.05, 0) is 45.5 Å². The monoisotopic (exact) mass is 286 g/mol. The molecule has 1 amide bonds. The van der Waals surface area contributed by atoms with Gasteiger partial charge in [0.25, 0.3) is 0 Å². The van der Waals surface area contributed by atoms with Crippen LogP contribution in [0.4, 0.5) is 5.82 Å². The molecule has 2 rings (SSSR count). The van der Waals surface area contributed by atoms with Gasteiger partial charge in [-0.1, -0.05) is 17.7 Å². The molecule has 0 unspecified atom stereocenters. The Morgan fingerprint density at radius 1 is 1.29 bits per heavy atom. The number of hydrogen-bond donors (Lipinski definition) is 3. The number of aromatic nitrogens is 2. The van der Waals surface area contributed by atoms with E-state index in [0.717, 1.165) is 24.2 Å². The van der Waals surface area contributed by atoms with Crippen molar-refractivity contribution in [2.75, 3.05) is 18.9 Å². The summed E-state index contributed by atoms with van der Waals surface area (Å²) in [5.41, 5.74) is 4.40. The lowest BCUT2D eigenvalue weighted by atomic mass is 10.0. The predicted octanol–water partition coefficient (Wildman–Crippen LogP) is 2.63. The number of aryl methyl sites for hydroxylation is 2. The Balaban J connectivity index is 2.04. The van der Waals surface area contributed by atoms with Gasteiger partial charge in [0.05, 0.1) is 5.69 Å². The van der Waals surface area contributed by atoms with Crippen LogP contribution in [-0.2, 0) is 4.79 Å². The molecule has 0 spiro atoms. The third kappa shape index (κ3) is 4.16. The maximum atomic E-state index is 11.8. The molecular formula is C16H22N4O. The van der Waals surface area contributed by atoms with Crippen molar-refractivity contribution < 1.29 is 4.79 Å².